The molecule has 2 rings (SSSR count). The van der Waals surface area contributed by atoms with E-state index in [1.54, 1.807) is 22.7 Å². The molecule has 0 saturated carbocycles. The van der Waals surface area contributed by atoms with Crippen molar-refractivity contribution >= 4 is 52.6 Å². The SMILES string of the molecule is CCN(CC)C(CNC(=NC)N(C)Cc1csc(C)n1)c1ccsc1.I. The first kappa shape index (κ1) is 23.3. The number of halogens is 1. The molecule has 0 fully saturated rings. The third-order valence-electron chi connectivity index (χ3n) is 4.27. The van der Waals surface area contributed by atoms with Gasteiger partial charge in [-0.15, -0.1) is 35.3 Å². The van der Waals surface area contributed by atoms with E-state index in [0.29, 0.717) is 6.04 Å². The molecule has 2 aromatic heterocycles. The highest BCUT2D eigenvalue weighted by Gasteiger charge is 2.19. The van der Waals surface area contributed by atoms with Gasteiger partial charge in [-0.3, -0.25) is 9.89 Å². The summed E-state index contributed by atoms with van der Waals surface area (Å²) in [6.07, 6.45) is 0. The van der Waals surface area contributed by atoms with E-state index in [4.69, 9.17) is 0 Å². The monoisotopic (exact) mass is 507 g/mol. The second kappa shape index (κ2) is 11.9. The highest BCUT2D eigenvalue weighted by Crippen LogP contribution is 2.22. The maximum absolute atomic E-state index is 4.55. The van der Waals surface area contributed by atoms with Crippen molar-refractivity contribution in [3.05, 3.63) is 38.5 Å². The Morgan fingerprint density at radius 1 is 1.31 bits per heavy atom. The molecule has 5 nitrogen and oxygen atoms in total. The normalized spacial score (nSPS) is 12.8. The first-order valence-corrected chi connectivity index (χ1v) is 10.5. The molecular formula is C18H30IN5S2. The number of thiazole rings is 1. The van der Waals surface area contributed by atoms with Crippen molar-refractivity contribution in [2.45, 2.75) is 33.4 Å². The molecule has 26 heavy (non-hydrogen) atoms. The summed E-state index contributed by atoms with van der Waals surface area (Å²) in [5.41, 5.74) is 2.46. The zero-order chi connectivity index (χ0) is 18.2. The summed E-state index contributed by atoms with van der Waals surface area (Å²) < 4.78 is 0. The number of rotatable bonds is 8. The first-order valence-electron chi connectivity index (χ1n) is 8.67. The van der Waals surface area contributed by atoms with Gasteiger partial charge in [-0.2, -0.15) is 11.3 Å². The van der Waals surface area contributed by atoms with Gasteiger partial charge in [0.05, 0.1) is 23.3 Å². The third-order valence-corrected chi connectivity index (χ3v) is 5.80. The summed E-state index contributed by atoms with van der Waals surface area (Å²) in [6.45, 7) is 10.1. The molecule has 0 bridgehead atoms. The Morgan fingerprint density at radius 2 is 2.04 bits per heavy atom. The molecule has 0 spiro atoms. The lowest BCUT2D eigenvalue weighted by atomic mass is 10.1. The Kier molecular flexibility index (Phi) is 10.7. The Balaban J connectivity index is 0.00000338. The van der Waals surface area contributed by atoms with Crippen LogP contribution in [0.15, 0.2) is 27.2 Å². The minimum Gasteiger partial charge on any atom is -0.354 e. The molecule has 0 aromatic carbocycles. The fourth-order valence-electron chi connectivity index (χ4n) is 2.96. The van der Waals surface area contributed by atoms with Gasteiger partial charge in [0.15, 0.2) is 5.96 Å². The molecule has 0 aliphatic heterocycles. The van der Waals surface area contributed by atoms with E-state index in [9.17, 15) is 0 Å². The Morgan fingerprint density at radius 3 is 2.54 bits per heavy atom. The predicted molar refractivity (Wildman–Crippen MR) is 125 cm³/mol. The van der Waals surface area contributed by atoms with Crippen LogP contribution < -0.4 is 5.32 Å². The summed E-state index contributed by atoms with van der Waals surface area (Å²) in [5, 5.41) is 11.2. The number of aliphatic imine (C=N–C) groups is 1. The molecule has 0 radical (unpaired) electrons. The maximum atomic E-state index is 4.55. The summed E-state index contributed by atoms with van der Waals surface area (Å²) in [6, 6.07) is 2.58. The largest absolute Gasteiger partial charge is 0.354 e. The summed E-state index contributed by atoms with van der Waals surface area (Å²) >= 11 is 3.44. The van der Waals surface area contributed by atoms with Crippen molar-refractivity contribution in [3.63, 3.8) is 0 Å². The van der Waals surface area contributed by atoms with E-state index in [0.717, 1.165) is 42.8 Å². The number of thiophene rings is 1. The molecule has 1 N–H and O–H groups in total. The zero-order valence-electron chi connectivity index (χ0n) is 16.2. The number of hydrogen-bond donors (Lipinski definition) is 1. The first-order chi connectivity index (χ1) is 12.1. The lowest BCUT2D eigenvalue weighted by Crippen LogP contribution is -2.43. The van der Waals surface area contributed by atoms with Gasteiger partial charge in [0.2, 0.25) is 0 Å². The van der Waals surface area contributed by atoms with Crippen LogP contribution in [-0.2, 0) is 6.54 Å². The Labute approximate surface area is 182 Å². The van der Waals surface area contributed by atoms with Crippen LogP contribution in [0.25, 0.3) is 0 Å². The van der Waals surface area contributed by atoms with Crippen LogP contribution in [-0.4, -0.2) is 54.5 Å². The predicted octanol–water partition coefficient (Wildman–Crippen LogP) is 4.22. The smallest absolute Gasteiger partial charge is 0.193 e. The number of guanidine groups is 1. The fraction of sp³-hybridized carbons (Fsp3) is 0.556. The minimum absolute atomic E-state index is 0. The van der Waals surface area contributed by atoms with Crippen molar-refractivity contribution in [3.8, 4) is 0 Å². The van der Waals surface area contributed by atoms with Crippen LogP contribution in [0.5, 0.6) is 0 Å². The third kappa shape index (κ3) is 6.47. The van der Waals surface area contributed by atoms with Crippen LogP contribution in [0.1, 0.15) is 36.2 Å². The van der Waals surface area contributed by atoms with Crippen LogP contribution in [0, 0.1) is 6.92 Å². The molecule has 8 heteroatoms. The van der Waals surface area contributed by atoms with E-state index < -0.39 is 0 Å². The van der Waals surface area contributed by atoms with Gasteiger partial charge in [0.25, 0.3) is 0 Å². The molecule has 0 amide bonds. The van der Waals surface area contributed by atoms with Crippen molar-refractivity contribution in [2.75, 3.05) is 33.7 Å². The molecule has 2 heterocycles. The lowest BCUT2D eigenvalue weighted by molar-refractivity contribution is 0.218. The highest BCUT2D eigenvalue weighted by molar-refractivity contribution is 14.0. The van der Waals surface area contributed by atoms with Crippen LogP contribution in [0.4, 0.5) is 0 Å². The van der Waals surface area contributed by atoms with Crippen LogP contribution in [0.2, 0.25) is 0 Å². The average molecular weight is 508 g/mol. The quantitative estimate of drug-likeness (QED) is 0.330. The number of aromatic nitrogens is 1. The average Bonchev–Trinajstić information content (AvgIpc) is 3.26. The molecule has 1 unspecified atom stereocenters. The molecule has 0 aliphatic rings. The van der Waals surface area contributed by atoms with Crippen molar-refractivity contribution in [1.29, 1.82) is 0 Å². The molecule has 0 saturated heterocycles. The number of likely N-dealkylation sites (N-methyl/N-ethyl adjacent to an activating group) is 1. The van der Waals surface area contributed by atoms with Gasteiger partial charge in [0, 0.05) is 26.0 Å². The summed E-state index contributed by atoms with van der Waals surface area (Å²) in [5.74, 6) is 0.901. The molecule has 1 atom stereocenters. The lowest BCUT2D eigenvalue weighted by Gasteiger charge is -2.31. The van der Waals surface area contributed by atoms with Crippen molar-refractivity contribution in [1.82, 2.24) is 20.1 Å². The number of hydrogen-bond acceptors (Lipinski definition) is 5. The summed E-state index contributed by atoms with van der Waals surface area (Å²) in [7, 11) is 3.89. The van der Waals surface area contributed by atoms with Gasteiger partial charge in [-0.1, -0.05) is 13.8 Å². The molecule has 0 aliphatic carbocycles. The van der Waals surface area contributed by atoms with Gasteiger partial charge in [0.1, 0.15) is 0 Å². The second-order valence-corrected chi connectivity index (χ2v) is 7.78. The number of nitrogens with one attached hydrogen (secondary N) is 1. The van der Waals surface area contributed by atoms with Crippen LogP contribution >= 0.6 is 46.7 Å². The second-order valence-electron chi connectivity index (χ2n) is 5.94. The van der Waals surface area contributed by atoms with Crippen molar-refractivity contribution < 1.29 is 0 Å². The maximum Gasteiger partial charge on any atom is 0.193 e. The molecule has 146 valence electrons. The fourth-order valence-corrected chi connectivity index (χ4v) is 4.27. The van der Waals surface area contributed by atoms with E-state index in [1.165, 1.54) is 5.56 Å². The van der Waals surface area contributed by atoms with Gasteiger partial charge < -0.3 is 10.2 Å². The zero-order valence-corrected chi connectivity index (χ0v) is 20.2. The van der Waals surface area contributed by atoms with Crippen LogP contribution in [0.3, 0.4) is 0 Å². The topological polar surface area (TPSA) is 43.8 Å². The van der Waals surface area contributed by atoms with Gasteiger partial charge >= 0.3 is 0 Å². The van der Waals surface area contributed by atoms with E-state index in [-0.39, 0.29) is 24.0 Å². The van der Waals surface area contributed by atoms with Gasteiger partial charge in [-0.05, 0) is 42.4 Å². The van der Waals surface area contributed by atoms with Crippen molar-refractivity contribution in [2.24, 2.45) is 4.99 Å². The Hall–Kier alpha value is -0.710. The Bertz CT molecular complexity index is 652. The highest BCUT2D eigenvalue weighted by atomic mass is 127. The number of aryl methyl sites for hydroxylation is 1. The molecular weight excluding hydrogens is 477 g/mol. The minimum atomic E-state index is 0. The number of nitrogens with zero attached hydrogens (tertiary/aromatic N) is 4. The van der Waals surface area contributed by atoms with E-state index >= 15 is 0 Å². The van der Waals surface area contributed by atoms with E-state index in [2.05, 4.69) is 68.2 Å². The van der Waals surface area contributed by atoms with E-state index in [1.807, 2.05) is 14.0 Å². The molecule has 2 aromatic rings. The standard InChI is InChI=1S/C18H29N5S2.HI/c1-6-23(7-2)17(15-8-9-24-12-15)10-20-18(19-4)22(5)11-16-13-25-14(3)21-16;/h8-9,12-13,17H,6-7,10-11H2,1-5H3,(H,19,20);1H. The van der Waals surface area contributed by atoms with Gasteiger partial charge in [-0.25, -0.2) is 4.98 Å². The summed E-state index contributed by atoms with van der Waals surface area (Å²) in [4.78, 5) is 13.6.